The Morgan fingerprint density at radius 2 is 1.91 bits per heavy atom. The summed E-state index contributed by atoms with van der Waals surface area (Å²) in [5.41, 5.74) is 5.74. The van der Waals surface area contributed by atoms with Gasteiger partial charge in [0.25, 0.3) is 0 Å². The Hall–Kier alpha value is -2.45. The van der Waals surface area contributed by atoms with Crippen molar-refractivity contribution >= 4 is 34.6 Å². The SMILES string of the molecule is CC(C)(C)NNc1ncnc(Nc2cccc(Cl)c2)c1[N+](=O)[O-]. The first-order valence-electron chi connectivity index (χ1n) is 6.81. The fourth-order valence-electron chi connectivity index (χ4n) is 1.68. The van der Waals surface area contributed by atoms with E-state index in [-0.39, 0.29) is 22.9 Å². The van der Waals surface area contributed by atoms with Crippen molar-refractivity contribution in [3.8, 4) is 0 Å². The van der Waals surface area contributed by atoms with Crippen molar-refractivity contribution in [3.05, 3.63) is 45.7 Å². The monoisotopic (exact) mass is 336 g/mol. The lowest BCUT2D eigenvalue weighted by molar-refractivity contribution is -0.383. The number of rotatable bonds is 5. The second-order valence-electron chi connectivity index (χ2n) is 5.81. The number of hydrogen-bond donors (Lipinski definition) is 3. The first-order chi connectivity index (χ1) is 10.8. The van der Waals surface area contributed by atoms with Crippen molar-refractivity contribution in [3.63, 3.8) is 0 Å². The second-order valence-corrected chi connectivity index (χ2v) is 6.25. The first kappa shape index (κ1) is 16.9. The molecule has 0 fully saturated rings. The van der Waals surface area contributed by atoms with E-state index in [4.69, 9.17) is 11.6 Å². The molecular weight excluding hydrogens is 320 g/mol. The lowest BCUT2D eigenvalue weighted by Crippen LogP contribution is -2.40. The summed E-state index contributed by atoms with van der Waals surface area (Å²) in [6, 6.07) is 6.82. The number of nitrogens with zero attached hydrogens (tertiary/aromatic N) is 3. The van der Waals surface area contributed by atoms with E-state index >= 15 is 0 Å². The lowest BCUT2D eigenvalue weighted by Gasteiger charge is -2.21. The van der Waals surface area contributed by atoms with Gasteiger partial charge in [-0.25, -0.2) is 15.4 Å². The number of aromatic nitrogens is 2. The third-order valence-electron chi connectivity index (χ3n) is 2.65. The molecule has 8 nitrogen and oxygen atoms in total. The number of hydrazine groups is 1. The van der Waals surface area contributed by atoms with Crippen LogP contribution in [0.3, 0.4) is 0 Å². The Kier molecular flexibility index (Phi) is 4.97. The summed E-state index contributed by atoms with van der Waals surface area (Å²) < 4.78 is 0. The molecule has 23 heavy (non-hydrogen) atoms. The zero-order valence-corrected chi connectivity index (χ0v) is 13.7. The minimum atomic E-state index is -0.542. The van der Waals surface area contributed by atoms with Crippen LogP contribution in [0.15, 0.2) is 30.6 Å². The van der Waals surface area contributed by atoms with Gasteiger partial charge in [-0.3, -0.25) is 15.5 Å². The van der Waals surface area contributed by atoms with Gasteiger partial charge in [0.05, 0.1) is 4.92 Å². The minimum Gasteiger partial charge on any atom is -0.334 e. The molecule has 0 atom stereocenters. The van der Waals surface area contributed by atoms with Gasteiger partial charge in [0, 0.05) is 16.2 Å². The Morgan fingerprint density at radius 1 is 1.22 bits per heavy atom. The molecule has 0 aliphatic rings. The zero-order valence-electron chi connectivity index (χ0n) is 12.9. The van der Waals surface area contributed by atoms with Crippen LogP contribution >= 0.6 is 11.6 Å². The molecule has 0 saturated heterocycles. The predicted octanol–water partition coefficient (Wildman–Crippen LogP) is 3.50. The molecule has 9 heteroatoms. The van der Waals surface area contributed by atoms with Crippen LogP contribution in [0.4, 0.5) is 23.0 Å². The summed E-state index contributed by atoms with van der Waals surface area (Å²) in [6.07, 6.45) is 1.24. The fraction of sp³-hybridized carbons (Fsp3) is 0.286. The molecule has 0 aliphatic heterocycles. The van der Waals surface area contributed by atoms with Gasteiger partial charge in [0.2, 0.25) is 11.6 Å². The zero-order chi connectivity index (χ0) is 17.0. The average molecular weight is 337 g/mol. The quantitative estimate of drug-likeness (QED) is 0.566. The third-order valence-corrected chi connectivity index (χ3v) is 2.88. The molecule has 0 aliphatic carbocycles. The summed E-state index contributed by atoms with van der Waals surface area (Å²) in [7, 11) is 0. The molecular formula is C14H17ClN6O2. The van der Waals surface area contributed by atoms with E-state index in [1.807, 2.05) is 20.8 Å². The van der Waals surface area contributed by atoms with Crippen molar-refractivity contribution in [1.82, 2.24) is 15.4 Å². The standard InChI is InChI=1S/C14H17ClN6O2/c1-14(2,3)20-19-13-11(21(22)23)12(16-8-17-13)18-10-6-4-5-9(15)7-10/h4-8,20H,1-3H3,(H2,16,17,18,19). The van der Waals surface area contributed by atoms with E-state index in [1.54, 1.807) is 24.3 Å². The molecule has 1 heterocycles. The fourth-order valence-corrected chi connectivity index (χ4v) is 1.87. The van der Waals surface area contributed by atoms with E-state index in [0.29, 0.717) is 10.7 Å². The molecule has 0 radical (unpaired) electrons. The predicted molar refractivity (Wildman–Crippen MR) is 89.9 cm³/mol. The van der Waals surface area contributed by atoms with Crippen LogP contribution < -0.4 is 16.2 Å². The van der Waals surface area contributed by atoms with Gasteiger partial charge in [0.1, 0.15) is 6.33 Å². The second kappa shape index (κ2) is 6.76. The molecule has 0 spiro atoms. The molecule has 0 unspecified atom stereocenters. The van der Waals surface area contributed by atoms with Gasteiger partial charge in [-0.05, 0) is 39.0 Å². The van der Waals surface area contributed by atoms with Crippen molar-refractivity contribution in [1.29, 1.82) is 0 Å². The normalized spacial score (nSPS) is 11.1. The molecule has 3 N–H and O–H groups in total. The summed E-state index contributed by atoms with van der Waals surface area (Å²) in [5.74, 6) is 0.148. The maximum absolute atomic E-state index is 11.4. The first-order valence-corrected chi connectivity index (χ1v) is 7.19. The van der Waals surface area contributed by atoms with E-state index in [2.05, 4.69) is 26.1 Å². The lowest BCUT2D eigenvalue weighted by atomic mass is 10.1. The van der Waals surface area contributed by atoms with Crippen LogP contribution in [-0.2, 0) is 0 Å². The number of benzene rings is 1. The molecule has 0 amide bonds. The Bertz CT molecular complexity index is 717. The number of hydrogen-bond acceptors (Lipinski definition) is 7. The maximum Gasteiger partial charge on any atom is 0.354 e. The molecule has 1 aromatic carbocycles. The largest absolute Gasteiger partial charge is 0.354 e. The van der Waals surface area contributed by atoms with Crippen LogP contribution in [0, 0.1) is 10.1 Å². The van der Waals surface area contributed by atoms with Crippen molar-refractivity contribution in [2.24, 2.45) is 0 Å². The number of anilines is 3. The maximum atomic E-state index is 11.4. The number of nitro groups is 1. The van der Waals surface area contributed by atoms with E-state index in [9.17, 15) is 10.1 Å². The van der Waals surface area contributed by atoms with Gasteiger partial charge in [-0.15, -0.1) is 0 Å². The Morgan fingerprint density at radius 3 is 2.52 bits per heavy atom. The van der Waals surface area contributed by atoms with E-state index in [0.717, 1.165) is 0 Å². The van der Waals surface area contributed by atoms with Gasteiger partial charge < -0.3 is 5.32 Å². The molecule has 2 aromatic rings. The number of nitrogens with one attached hydrogen (secondary N) is 3. The van der Waals surface area contributed by atoms with E-state index < -0.39 is 4.92 Å². The highest BCUT2D eigenvalue weighted by Gasteiger charge is 2.24. The van der Waals surface area contributed by atoms with Crippen molar-refractivity contribution in [2.45, 2.75) is 26.3 Å². The highest BCUT2D eigenvalue weighted by atomic mass is 35.5. The summed E-state index contributed by atoms with van der Waals surface area (Å²) in [4.78, 5) is 18.8. The van der Waals surface area contributed by atoms with E-state index in [1.165, 1.54) is 6.33 Å². The van der Waals surface area contributed by atoms with Crippen molar-refractivity contribution in [2.75, 3.05) is 10.7 Å². The summed E-state index contributed by atoms with van der Waals surface area (Å²) in [5, 5.41) is 14.8. The van der Waals surface area contributed by atoms with Crippen LogP contribution in [0.2, 0.25) is 5.02 Å². The molecule has 0 saturated carbocycles. The van der Waals surface area contributed by atoms with Crippen molar-refractivity contribution < 1.29 is 4.92 Å². The van der Waals surface area contributed by atoms with Crippen LogP contribution in [0.5, 0.6) is 0 Å². The minimum absolute atomic E-state index is 0.0736. The topological polar surface area (TPSA) is 105 Å². The number of halogens is 1. The van der Waals surface area contributed by atoms with Gasteiger partial charge in [-0.2, -0.15) is 0 Å². The summed E-state index contributed by atoms with van der Waals surface area (Å²) in [6.45, 7) is 5.74. The Balaban J connectivity index is 2.34. The Labute approximate surface area is 138 Å². The molecule has 2 rings (SSSR count). The van der Waals surface area contributed by atoms with Crippen LogP contribution in [0.1, 0.15) is 20.8 Å². The van der Waals surface area contributed by atoms with Gasteiger partial charge >= 0.3 is 5.69 Å². The van der Waals surface area contributed by atoms with Gasteiger partial charge in [0.15, 0.2) is 0 Å². The van der Waals surface area contributed by atoms with Crippen LogP contribution in [0.25, 0.3) is 0 Å². The van der Waals surface area contributed by atoms with Gasteiger partial charge in [-0.1, -0.05) is 17.7 Å². The third kappa shape index (κ3) is 4.76. The highest BCUT2D eigenvalue weighted by molar-refractivity contribution is 6.30. The highest BCUT2D eigenvalue weighted by Crippen LogP contribution is 2.31. The molecule has 1 aromatic heterocycles. The molecule has 122 valence electrons. The summed E-state index contributed by atoms with van der Waals surface area (Å²) >= 11 is 5.92. The smallest absolute Gasteiger partial charge is 0.334 e. The molecule has 0 bridgehead atoms. The van der Waals surface area contributed by atoms with Crippen LogP contribution in [-0.4, -0.2) is 20.4 Å². The average Bonchev–Trinajstić information content (AvgIpc) is 2.44.